The van der Waals surface area contributed by atoms with Gasteiger partial charge >= 0.3 is 5.97 Å². The number of aryl methyl sites for hydroxylation is 1. The van der Waals surface area contributed by atoms with Gasteiger partial charge in [0.2, 0.25) is 0 Å². The number of carbonyl (C=O) groups is 2. The molecule has 2 rings (SSSR count). The monoisotopic (exact) mass is 390 g/mol. The highest BCUT2D eigenvalue weighted by molar-refractivity contribution is 7.92. The average Bonchev–Trinajstić information content (AvgIpc) is 2.63. The average molecular weight is 390 g/mol. The van der Waals surface area contributed by atoms with Gasteiger partial charge in [0.1, 0.15) is 6.04 Å². The number of anilines is 1. The van der Waals surface area contributed by atoms with Gasteiger partial charge in [0.15, 0.2) is 0 Å². The molecule has 7 nitrogen and oxygen atoms in total. The molecule has 27 heavy (non-hydrogen) atoms. The number of carboxylic acids is 1. The molecule has 0 aliphatic carbocycles. The van der Waals surface area contributed by atoms with Crippen molar-refractivity contribution in [1.82, 2.24) is 5.32 Å². The largest absolute Gasteiger partial charge is 0.480 e. The number of carboxylic acid groups (broad SMARTS) is 1. The van der Waals surface area contributed by atoms with Gasteiger partial charge in [0, 0.05) is 11.3 Å². The van der Waals surface area contributed by atoms with E-state index in [1.54, 1.807) is 24.3 Å². The van der Waals surface area contributed by atoms with Crippen molar-refractivity contribution in [3.8, 4) is 0 Å². The summed E-state index contributed by atoms with van der Waals surface area (Å²) in [4.78, 5) is 23.3. The highest BCUT2D eigenvalue weighted by Gasteiger charge is 2.20. The van der Waals surface area contributed by atoms with Gasteiger partial charge < -0.3 is 10.4 Å². The van der Waals surface area contributed by atoms with E-state index in [2.05, 4.69) is 10.0 Å². The molecule has 0 heterocycles. The highest BCUT2D eigenvalue weighted by atomic mass is 32.2. The maximum absolute atomic E-state index is 12.4. The lowest BCUT2D eigenvalue weighted by atomic mass is 10.1. The molecule has 8 heteroatoms. The van der Waals surface area contributed by atoms with E-state index in [1.165, 1.54) is 24.3 Å². The summed E-state index contributed by atoms with van der Waals surface area (Å²) in [6.07, 6.45) is 0.924. The lowest BCUT2D eigenvalue weighted by molar-refractivity contribution is -0.139. The molecule has 0 aromatic heterocycles. The fourth-order valence-corrected chi connectivity index (χ4v) is 3.47. The van der Waals surface area contributed by atoms with Crippen molar-refractivity contribution >= 4 is 27.6 Å². The van der Waals surface area contributed by atoms with Crippen LogP contribution in [-0.2, 0) is 14.8 Å². The Kier molecular flexibility index (Phi) is 6.57. The number of carbonyl (C=O) groups excluding carboxylic acids is 1. The first-order chi connectivity index (χ1) is 12.7. The summed E-state index contributed by atoms with van der Waals surface area (Å²) >= 11 is 0. The predicted molar refractivity (Wildman–Crippen MR) is 102 cm³/mol. The topological polar surface area (TPSA) is 113 Å². The van der Waals surface area contributed by atoms with Crippen LogP contribution in [0.15, 0.2) is 53.4 Å². The van der Waals surface area contributed by atoms with Crippen molar-refractivity contribution in [2.24, 2.45) is 0 Å². The number of rotatable bonds is 8. The van der Waals surface area contributed by atoms with Crippen LogP contribution in [0.25, 0.3) is 0 Å². The van der Waals surface area contributed by atoms with Gasteiger partial charge in [-0.2, -0.15) is 0 Å². The number of hydrogen-bond acceptors (Lipinski definition) is 4. The third kappa shape index (κ3) is 5.55. The molecule has 0 radical (unpaired) electrons. The zero-order valence-corrected chi connectivity index (χ0v) is 15.9. The molecular weight excluding hydrogens is 368 g/mol. The van der Waals surface area contributed by atoms with Gasteiger partial charge in [0.25, 0.3) is 15.9 Å². The van der Waals surface area contributed by atoms with Crippen molar-refractivity contribution in [2.45, 2.75) is 37.6 Å². The van der Waals surface area contributed by atoms with Crippen molar-refractivity contribution < 1.29 is 23.1 Å². The van der Waals surface area contributed by atoms with Crippen LogP contribution in [0, 0.1) is 6.92 Å². The van der Waals surface area contributed by atoms with E-state index in [0.29, 0.717) is 18.5 Å². The molecule has 0 saturated carbocycles. The first kappa shape index (κ1) is 20.4. The van der Waals surface area contributed by atoms with Crippen LogP contribution in [0.3, 0.4) is 0 Å². The zero-order valence-electron chi connectivity index (χ0n) is 15.1. The van der Waals surface area contributed by atoms with E-state index in [0.717, 1.165) is 5.56 Å². The summed E-state index contributed by atoms with van der Waals surface area (Å²) in [5, 5.41) is 11.5. The van der Waals surface area contributed by atoms with Crippen LogP contribution in [0.1, 0.15) is 35.7 Å². The third-order valence-electron chi connectivity index (χ3n) is 3.91. The quantitative estimate of drug-likeness (QED) is 0.641. The van der Waals surface area contributed by atoms with Gasteiger partial charge in [-0.25, -0.2) is 13.2 Å². The molecule has 1 atom stereocenters. The van der Waals surface area contributed by atoms with Crippen molar-refractivity contribution in [2.75, 3.05) is 4.72 Å². The Bertz CT molecular complexity index is 906. The number of sulfonamides is 1. The Hall–Kier alpha value is -2.87. The summed E-state index contributed by atoms with van der Waals surface area (Å²) in [6, 6.07) is 11.2. The molecule has 1 amide bonds. The standard InChI is InChI=1S/C19H22N2O5S/c1-3-4-17(19(23)24)20-18(22)14-7-11-16(12-8-14)27(25,26)21-15-9-5-13(2)6-10-15/h5-12,17,21H,3-4H2,1-2H3,(H,20,22)(H,23,24). The van der Waals surface area contributed by atoms with E-state index >= 15 is 0 Å². The van der Waals surface area contributed by atoms with Gasteiger partial charge in [-0.05, 0) is 49.7 Å². The van der Waals surface area contributed by atoms with Crippen LogP contribution in [-0.4, -0.2) is 31.4 Å². The molecule has 2 aromatic rings. The summed E-state index contributed by atoms with van der Waals surface area (Å²) in [5.74, 6) is -1.67. The molecule has 0 bridgehead atoms. The summed E-state index contributed by atoms with van der Waals surface area (Å²) in [5.41, 5.74) is 1.63. The molecule has 0 saturated heterocycles. The minimum Gasteiger partial charge on any atom is -0.480 e. The summed E-state index contributed by atoms with van der Waals surface area (Å²) in [7, 11) is -3.79. The van der Waals surface area contributed by atoms with Crippen LogP contribution >= 0.6 is 0 Å². The Morgan fingerprint density at radius 3 is 2.15 bits per heavy atom. The molecular formula is C19H22N2O5S. The Morgan fingerprint density at radius 2 is 1.63 bits per heavy atom. The molecule has 0 fully saturated rings. The van der Waals surface area contributed by atoms with Gasteiger partial charge in [-0.15, -0.1) is 0 Å². The molecule has 0 aliphatic heterocycles. The Balaban J connectivity index is 2.12. The van der Waals surface area contributed by atoms with Gasteiger partial charge in [-0.1, -0.05) is 31.0 Å². The third-order valence-corrected chi connectivity index (χ3v) is 5.31. The van der Waals surface area contributed by atoms with E-state index in [-0.39, 0.29) is 10.5 Å². The highest BCUT2D eigenvalue weighted by Crippen LogP contribution is 2.17. The normalized spacial score (nSPS) is 12.2. The van der Waals surface area contributed by atoms with Crippen molar-refractivity contribution in [3.63, 3.8) is 0 Å². The molecule has 3 N–H and O–H groups in total. The summed E-state index contributed by atoms with van der Waals surface area (Å²) < 4.78 is 27.3. The second-order valence-corrected chi connectivity index (χ2v) is 7.83. The Morgan fingerprint density at radius 1 is 1.04 bits per heavy atom. The van der Waals surface area contributed by atoms with Crippen LogP contribution < -0.4 is 10.0 Å². The van der Waals surface area contributed by atoms with Crippen molar-refractivity contribution in [3.05, 3.63) is 59.7 Å². The second kappa shape index (κ2) is 8.68. The molecule has 0 aliphatic rings. The first-order valence-corrected chi connectivity index (χ1v) is 9.94. The van der Waals surface area contributed by atoms with E-state index in [9.17, 15) is 18.0 Å². The maximum atomic E-state index is 12.4. The molecule has 1 unspecified atom stereocenters. The van der Waals surface area contributed by atoms with Gasteiger partial charge in [-0.3, -0.25) is 9.52 Å². The number of benzene rings is 2. The number of hydrogen-bond donors (Lipinski definition) is 3. The van der Waals surface area contributed by atoms with Crippen LogP contribution in [0.5, 0.6) is 0 Å². The number of amides is 1. The predicted octanol–water partition coefficient (Wildman–Crippen LogP) is 2.78. The van der Waals surface area contributed by atoms with Crippen LogP contribution in [0.4, 0.5) is 5.69 Å². The van der Waals surface area contributed by atoms with E-state index in [4.69, 9.17) is 5.11 Å². The van der Waals surface area contributed by atoms with E-state index in [1.807, 2.05) is 13.8 Å². The number of aliphatic carboxylic acids is 1. The fourth-order valence-electron chi connectivity index (χ4n) is 2.41. The smallest absolute Gasteiger partial charge is 0.326 e. The SMILES string of the molecule is CCCC(NC(=O)c1ccc(S(=O)(=O)Nc2ccc(C)cc2)cc1)C(=O)O. The summed E-state index contributed by atoms with van der Waals surface area (Å²) in [6.45, 7) is 3.72. The van der Waals surface area contributed by atoms with Gasteiger partial charge in [0.05, 0.1) is 4.90 Å². The van der Waals surface area contributed by atoms with Crippen LogP contribution in [0.2, 0.25) is 0 Å². The molecule has 2 aromatic carbocycles. The number of nitrogens with one attached hydrogen (secondary N) is 2. The molecule has 144 valence electrons. The second-order valence-electron chi connectivity index (χ2n) is 6.15. The maximum Gasteiger partial charge on any atom is 0.326 e. The fraction of sp³-hybridized carbons (Fsp3) is 0.263. The zero-order chi connectivity index (χ0) is 20.0. The lowest BCUT2D eigenvalue weighted by Crippen LogP contribution is -2.40. The molecule has 0 spiro atoms. The Labute approximate surface area is 158 Å². The minimum absolute atomic E-state index is 0.00275. The minimum atomic E-state index is -3.79. The van der Waals surface area contributed by atoms with E-state index < -0.39 is 27.9 Å². The lowest BCUT2D eigenvalue weighted by Gasteiger charge is -2.14. The first-order valence-electron chi connectivity index (χ1n) is 8.46. The van der Waals surface area contributed by atoms with Crippen molar-refractivity contribution in [1.29, 1.82) is 0 Å².